The molecule has 3 nitrogen and oxygen atoms in total. The fourth-order valence-corrected chi connectivity index (χ4v) is 2.07. The van der Waals surface area contributed by atoms with Crippen LogP contribution < -0.4 is 4.74 Å². The predicted molar refractivity (Wildman–Crippen MR) is 74.8 cm³/mol. The molecule has 104 valence electrons. The molecule has 0 unspecified atom stereocenters. The van der Waals surface area contributed by atoms with Gasteiger partial charge in [-0.15, -0.1) is 0 Å². The van der Waals surface area contributed by atoms with Crippen LogP contribution in [0, 0.1) is 11.3 Å². The van der Waals surface area contributed by atoms with E-state index in [4.69, 9.17) is 16.3 Å². The summed E-state index contributed by atoms with van der Waals surface area (Å²) in [7, 11) is 0. The van der Waals surface area contributed by atoms with Gasteiger partial charge in [-0.1, -0.05) is 11.6 Å². The minimum absolute atomic E-state index is 0.406. The van der Waals surface area contributed by atoms with Crippen LogP contribution in [0.25, 0.3) is 0 Å². The summed E-state index contributed by atoms with van der Waals surface area (Å²) in [5, 5.41) is 9.82. The molecule has 4 heteroatoms. The average molecular weight is 283 g/mol. The lowest BCUT2D eigenvalue weighted by Gasteiger charge is -2.21. The fourth-order valence-electron chi connectivity index (χ4n) is 1.87. The van der Waals surface area contributed by atoms with E-state index in [2.05, 4.69) is 0 Å². The summed E-state index contributed by atoms with van der Waals surface area (Å²) in [5.74, 6) is 0.599. The SMILES string of the molecule is CC(C)(Cc1cc(Cl)ccc1OCC1CC1)C(=O)O. The van der Waals surface area contributed by atoms with Gasteiger partial charge < -0.3 is 9.84 Å². The Morgan fingerprint density at radius 2 is 2.16 bits per heavy atom. The number of ether oxygens (including phenoxy) is 1. The quantitative estimate of drug-likeness (QED) is 0.864. The first kappa shape index (κ1) is 14.2. The summed E-state index contributed by atoms with van der Waals surface area (Å²) in [4.78, 5) is 11.2. The molecule has 0 heterocycles. The van der Waals surface area contributed by atoms with Gasteiger partial charge in [0.2, 0.25) is 0 Å². The summed E-state index contributed by atoms with van der Waals surface area (Å²) in [6.45, 7) is 4.13. The molecule has 1 aliphatic rings. The Morgan fingerprint density at radius 1 is 1.47 bits per heavy atom. The van der Waals surface area contributed by atoms with Gasteiger partial charge in [0.15, 0.2) is 0 Å². The van der Waals surface area contributed by atoms with Crippen LogP contribution in [0.4, 0.5) is 0 Å². The van der Waals surface area contributed by atoms with Crippen LogP contribution in [0.1, 0.15) is 32.3 Å². The second kappa shape index (κ2) is 5.41. The van der Waals surface area contributed by atoms with E-state index in [1.165, 1.54) is 12.8 Å². The highest BCUT2D eigenvalue weighted by Crippen LogP contribution is 2.33. The van der Waals surface area contributed by atoms with Crippen LogP contribution in [-0.4, -0.2) is 17.7 Å². The van der Waals surface area contributed by atoms with Gasteiger partial charge in [-0.05, 0) is 62.8 Å². The number of carboxylic acids is 1. The van der Waals surface area contributed by atoms with Gasteiger partial charge in [-0.25, -0.2) is 0 Å². The van der Waals surface area contributed by atoms with E-state index >= 15 is 0 Å². The molecule has 1 saturated carbocycles. The van der Waals surface area contributed by atoms with Crippen molar-refractivity contribution in [1.29, 1.82) is 0 Å². The van der Waals surface area contributed by atoms with Gasteiger partial charge in [0.25, 0.3) is 0 Å². The number of benzene rings is 1. The van der Waals surface area contributed by atoms with Crippen LogP contribution in [0.3, 0.4) is 0 Å². The molecule has 0 atom stereocenters. The summed E-state index contributed by atoms with van der Waals surface area (Å²) < 4.78 is 5.79. The van der Waals surface area contributed by atoms with E-state index in [1.807, 2.05) is 6.07 Å². The predicted octanol–water partition coefficient (Wildman–Crippen LogP) is 3.78. The lowest BCUT2D eigenvalue weighted by atomic mass is 9.85. The Balaban J connectivity index is 2.15. The first-order valence-electron chi connectivity index (χ1n) is 6.53. The largest absolute Gasteiger partial charge is 0.493 e. The van der Waals surface area contributed by atoms with Crippen molar-refractivity contribution in [1.82, 2.24) is 0 Å². The van der Waals surface area contributed by atoms with Crippen LogP contribution in [0.15, 0.2) is 18.2 Å². The van der Waals surface area contributed by atoms with E-state index in [0.717, 1.165) is 11.3 Å². The average Bonchev–Trinajstić information content (AvgIpc) is 3.11. The molecule has 0 saturated heterocycles. The van der Waals surface area contributed by atoms with Crippen LogP contribution in [-0.2, 0) is 11.2 Å². The Hall–Kier alpha value is -1.22. The molecular formula is C15H19ClO3. The van der Waals surface area contributed by atoms with Gasteiger partial charge >= 0.3 is 5.97 Å². The normalized spacial score (nSPS) is 15.3. The molecule has 0 amide bonds. The summed E-state index contributed by atoms with van der Waals surface area (Å²) in [6, 6.07) is 5.41. The zero-order chi connectivity index (χ0) is 14.0. The first-order chi connectivity index (χ1) is 8.88. The van der Waals surface area contributed by atoms with Crippen molar-refractivity contribution in [2.75, 3.05) is 6.61 Å². The summed E-state index contributed by atoms with van der Waals surface area (Å²) in [5.41, 5.74) is 0.0306. The maximum absolute atomic E-state index is 11.2. The lowest BCUT2D eigenvalue weighted by molar-refractivity contribution is -0.146. The molecule has 1 aromatic carbocycles. The van der Waals surface area contributed by atoms with Crippen molar-refractivity contribution in [2.45, 2.75) is 33.1 Å². The van der Waals surface area contributed by atoms with Crippen LogP contribution in [0.5, 0.6) is 5.75 Å². The van der Waals surface area contributed by atoms with E-state index in [0.29, 0.717) is 24.0 Å². The second-order valence-electron chi connectivity index (χ2n) is 5.87. The topological polar surface area (TPSA) is 46.5 Å². The number of hydrogen-bond acceptors (Lipinski definition) is 2. The highest BCUT2D eigenvalue weighted by Gasteiger charge is 2.29. The summed E-state index contributed by atoms with van der Waals surface area (Å²) >= 11 is 6.00. The Morgan fingerprint density at radius 3 is 2.74 bits per heavy atom. The van der Waals surface area contributed by atoms with Crippen molar-refractivity contribution in [2.24, 2.45) is 11.3 Å². The van der Waals surface area contributed by atoms with E-state index < -0.39 is 11.4 Å². The maximum atomic E-state index is 11.2. The number of rotatable bonds is 6. The fraction of sp³-hybridized carbons (Fsp3) is 0.533. The zero-order valence-electron chi connectivity index (χ0n) is 11.3. The minimum Gasteiger partial charge on any atom is -0.493 e. The molecule has 19 heavy (non-hydrogen) atoms. The third kappa shape index (κ3) is 3.87. The molecule has 0 radical (unpaired) electrons. The van der Waals surface area contributed by atoms with Crippen molar-refractivity contribution < 1.29 is 14.6 Å². The van der Waals surface area contributed by atoms with Gasteiger partial charge in [-0.3, -0.25) is 4.79 Å². The van der Waals surface area contributed by atoms with E-state index in [9.17, 15) is 9.90 Å². The third-order valence-corrected chi connectivity index (χ3v) is 3.64. The van der Waals surface area contributed by atoms with Gasteiger partial charge in [0.05, 0.1) is 12.0 Å². The van der Waals surface area contributed by atoms with Gasteiger partial charge in [0.1, 0.15) is 5.75 Å². The first-order valence-corrected chi connectivity index (χ1v) is 6.91. The molecule has 1 fully saturated rings. The zero-order valence-corrected chi connectivity index (χ0v) is 12.0. The maximum Gasteiger partial charge on any atom is 0.309 e. The highest BCUT2D eigenvalue weighted by atomic mass is 35.5. The van der Waals surface area contributed by atoms with Crippen molar-refractivity contribution >= 4 is 17.6 Å². The molecule has 1 N–H and O–H groups in total. The smallest absolute Gasteiger partial charge is 0.309 e. The summed E-state index contributed by atoms with van der Waals surface area (Å²) in [6.07, 6.45) is 2.86. The molecule has 0 spiro atoms. The van der Waals surface area contributed by atoms with Crippen molar-refractivity contribution in [3.8, 4) is 5.75 Å². The second-order valence-corrected chi connectivity index (χ2v) is 6.31. The van der Waals surface area contributed by atoms with Gasteiger partial charge in [0, 0.05) is 5.02 Å². The van der Waals surface area contributed by atoms with Crippen LogP contribution in [0.2, 0.25) is 5.02 Å². The molecule has 0 aliphatic heterocycles. The third-order valence-electron chi connectivity index (χ3n) is 3.41. The number of carboxylic acid groups (broad SMARTS) is 1. The van der Waals surface area contributed by atoms with E-state index in [-0.39, 0.29) is 0 Å². The monoisotopic (exact) mass is 282 g/mol. The number of halogens is 1. The Kier molecular flexibility index (Phi) is 4.04. The Labute approximate surface area is 118 Å². The van der Waals surface area contributed by atoms with Crippen molar-refractivity contribution in [3.63, 3.8) is 0 Å². The number of aliphatic carboxylic acids is 1. The van der Waals surface area contributed by atoms with Crippen LogP contribution >= 0.6 is 11.6 Å². The van der Waals surface area contributed by atoms with Gasteiger partial charge in [-0.2, -0.15) is 0 Å². The molecular weight excluding hydrogens is 264 g/mol. The standard InChI is InChI=1S/C15H19ClO3/c1-15(2,14(17)18)8-11-7-12(16)5-6-13(11)19-9-10-3-4-10/h5-7,10H,3-4,8-9H2,1-2H3,(H,17,18). The molecule has 0 aromatic heterocycles. The lowest BCUT2D eigenvalue weighted by Crippen LogP contribution is -2.26. The molecule has 2 rings (SSSR count). The molecule has 1 aliphatic carbocycles. The number of hydrogen-bond donors (Lipinski definition) is 1. The van der Waals surface area contributed by atoms with Crippen molar-refractivity contribution in [3.05, 3.63) is 28.8 Å². The Bertz CT molecular complexity index is 478. The molecule has 0 bridgehead atoms. The molecule has 1 aromatic rings. The minimum atomic E-state index is -0.831. The highest BCUT2D eigenvalue weighted by molar-refractivity contribution is 6.30. The van der Waals surface area contributed by atoms with E-state index in [1.54, 1.807) is 26.0 Å². The number of carbonyl (C=O) groups is 1.